The van der Waals surface area contributed by atoms with Crippen molar-refractivity contribution < 1.29 is 36.5 Å². The fourth-order valence-corrected chi connectivity index (χ4v) is 0.162. The number of hydrogen-bond acceptors (Lipinski definition) is 1. The minimum atomic E-state index is -5.84. The van der Waals surface area contributed by atoms with Crippen LogP contribution in [-0.2, 0) is 10.1 Å². The van der Waals surface area contributed by atoms with E-state index in [0.717, 1.165) is 0 Å². The lowest BCUT2D eigenvalue weighted by molar-refractivity contribution is -0.497. The number of alkyl halides is 4. The summed E-state index contributed by atoms with van der Waals surface area (Å²) < 4.78 is 67.6. The molecule has 0 unspecified atom stereocenters. The van der Waals surface area contributed by atoms with Gasteiger partial charge in [-0.05, 0) is 5.26 Å². The van der Waals surface area contributed by atoms with Gasteiger partial charge >= 0.3 is 18.5 Å². The molecule has 0 aromatic heterocycles. The van der Waals surface area contributed by atoms with E-state index in [4.69, 9.17) is 5.26 Å². The highest BCUT2D eigenvalue weighted by molar-refractivity contribution is 4.90. The van der Waals surface area contributed by atoms with Crippen LogP contribution in [-0.4, -0.2) is 12.0 Å². The first-order valence-electron chi connectivity index (χ1n) is 2.00. The van der Waals surface area contributed by atoms with Crippen molar-refractivity contribution in [3.05, 3.63) is 6.43 Å². The van der Waals surface area contributed by atoms with Gasteiger partial charge in [-0.3, -0.25) is 0 Å². The third-order valence-corrected chi connectivity index (χ3v) is 0.708. The smallest absolute Gasteiger partial charge is 0.192 e. The summed E-state index contributed by atoms with van der Waals surface area (Å²) in [4.78, 5) is 1.63. The summed E-state index contributed by atoms with van der Waals surface area (Å²) in [5, 5.41) is 8.83. The van der Waals surface area contributed by atoms with Gasteiger partial charge in [-0.25, -0.2) is 0 Å². The van der Waals surface area contributed by atoms with E-state index in [1.165, 1.54) is 0 Å². The molecule has 0 fully saturated rings. The van der Waals surface area contributed by atoms with Crippen molar-refractivity contribution in [2.45, 2.75) is 12.0 Å². The lowest BCUT2D eigenvalue weighted by atomic mass is 10.3. The molecule has 0 amide bonds. The Bertz CT molecular complexity index is 134. The number of rotatable bonds is 3. The molecule has 2 nitrogen and oxygen atoms in total. The predicted molar refractivity (Wildman–Crippen MR) is 17.1 cm³/mol. The Morgan fingerprint density at radius 1 is 1.09 bits per heavy atom. The second kappa shape index (κ2) is 2.86. The zero-order valence-corrected chi connectivity index (χ0v) is 4.58. The molecule has 0 aromatic carbocycles. The highest BCUT2D eigenvalue weighted by atomic mass is 19.3. The first-order valence-corrected chi connectivity index (χ1v) is 2.00. The lowest BCUT2D eigenvalue weighted by Gasteiger charge is -2.19. The van der Waals surface area contributed by atoms with E-state index in [0.29, 0.717) is 0 Å². The number of halogens is 6. The molecule has 0 N–H and O–H groups in total. The standard InChI is InChI=1S/C3F6O2/c4-1(5)2(6,7)3(8,9)11-10. The fourth-order valence-electron chi connectivity index (χ4n) is 0.162. The fraction of sp³-hybridized carbons (Fsp3) is 0.667. The summed E-state index contributed by atoms with van der Waals surface area (Å²) in [5.74, 6) is -5.84. The van der Waals surface area contributed by atoms with Crippen LogP contribution in [0.25, 0.3) is 0 Å². The minimum Gasteiger partial charge on any atom is -0.192 e. The predicted octanol–water partition coefficient (Wildman–Crippen LogP) is 2.01. The van der Waals surface area contributed by atoms with Crippen LogP contribution in [0.2, 0.25) is 0 Å². The van der Waals surface area contributed by atoms with Crippen molar-refractivity contribution in [2.75, 3.05) is 0 Å². The van der Waals surface area contributed by atoms with E-state index in [1.807, 2.05) is 0 Å². The van der Waals surface area contributed by atoms with Crippen molar-refractivity contribution in [1.82, 2.24) is 0 Å². The maximum atomic E-state index is 11.5. The molecule has 0 atom stereocenters. The van der Waals surface area contributed by atoms with Crippen molar-refractivity contribution in [1.29, 1.82) is 0 Å². The zero-order chi connectivity index (χ0) is 9.28. The average Bonchev–Trinajstić information content (AvgIpc) is 1.87. The van der Waals surface area contributed by atoms with Gasteiger partial charge in [-0.1, -0.05) is 0 Å². The third-order valence-electron chi connectivity index (χ3n) is 0.708. The van der Waals surface area contributed by atoms with Crippen LogP contribution in [0.3, 0.4) is 0 Å². The molecular formula is C3F6O2. The van der Waals surface area contributed by atoms with Gasteiger partial charge in [-0.15, -0.1) is 4.89 Å². The number of hydrogen-bond donors (Lipinski definition) is 0. The normalized spacial score (nSPS) is 14.2. The highest BCUT2D eigenvalue weighted by Gasteiger charge is 2.67. The van der Waals surface area contributed by atoms with Crippen LogP contribution >= 0.6 is 0 Å². The van der Waals surface area contributed by atoms with Gasteiger partial charge in [0, 0.05) is 0 Å². The van der Waals surface area contributed by atoms with Crippen molar-refractivity contribution >= 4 is 0 Å². The Labute approximate surface area is 56.3 Å². The molecule has 0 aliphatic carbocycles. The SMILES string of the molecule is [O]OC(F)(F)C(F)(F)[C](F)F. The van der Waals surface area contributed by atoms with E-state index in [1.54, 1.807) is 4.89 Å². The van der Waals surface area contributed by atoms with Crippen LogP contribution in [0.1, 0.15) is 0 Å². The topological polar surface area (TPSA) is 29.1 Å². The Balaban J connectivity index is 4.53. The first kappa shape index (κ1) is 10.5. The summed E-state index contributed by atoms with van der Waals surface area (Å²) in [6.45, 7) is 0. The largest absolute Gasteiger partial charge is 0.454 e. The Kier molecular flexibility index (Phi) is 2.73. The van der Waals surface area contributed by atoms with E-state index >= 15 is 0 Å². The molecule has 0 bridgehead atoms. The van der Waals surface area contributed by atoms with E-state index in [-0.39, 0.29) is 0 Å². The van der Waals surface area contributed by atoms with Crippen LogP contribution in [0.5, 0.6) is 0 Å². The monoisotopic (exact) mass is 182 g/mol. The Morgan fingerprint density at radius 2 is 1.45 bits per heavy atom. The maximum absolute atomic E-state index is 11.5. The molecule has 0 heterocycles. The summed E-state index contributed by atoms with van der Waals surface area (Å²) >= 11 is 0. The molecule has 66 valence electrons. The van der Waals surface area contributed by atoms with Crippen LogP contribution in [0.4, 0.5) is 26.3 Å². The second-order valence-corrected chi connectivity index (χ2v) is 1.43. The van der Waals surface area contributed by atoms with Crippen LogP contribution < -0.4 is 0 Å². The molecule has 2 radical (unpaired) electrons. The molecule has 0 spiro atoms. The zero-order valence-electron chi connectivity index (χ0n) is 4.58. The van der Waals surface area contributed by atoms with Crippen molar-refractivity contribution in [3.63, 3.8) is 0 Å². The van der Waals surface area contributed by atoms with Crippen molar-refractivity contribution in [2.24, 2.45) is 0 Å². The molecule has 8 heteroatoms. The van der Waals surface area contributed by atoms with Gasteiger partial charge in [0.25, 0.3) is 0 Å². The van der Waals surface area contributed by atoms with Gasteiger partial charge in [0.05, 0.1) is 0 Å². The second-order valence-electron chi connectivity index (χ2n) is 1.43. The molecule has 0 rings (SSSR count). The average molecular weight is 182 g/mol. The molecule has 0 aliphatic heterocycles. The van der Waals surface area contributed by atoms with Crippen molar-refractivity contribution in [3.8, 4) is 0 Å². The molecule has 0 aliphatic rings. The van der Waals surface area contributed by atoms with Crippen LogP contribution in [0.15, 0.2) is 0 Å². The molecule has 0 aromatic rings. The van der Waals surface area contributed by atoms with E-state index < -0.39 is 18.5 Å². The van der Waals surface area contributed by atoms with Gasteiger partial charge in [0.1, 0.15) is 0 Å². The third kappa shape index (κ3) is 1.74. The highest BCUT2D eigenvalue weighted by Crippen LogP contribution is 2.42. The first-order chi connectivity index (χ1) is 4.75. The molecule has 0 saturated carbocycles. The molecular weight excluding hydrogens is 182 g/mol. The Hall–Kier alpha value is -0.500. The molecule has 0 saturated heterocycles. The Morgan fingerprint density at radius 3 is 1.55 bits per heavy atom. The lowest BCUT2D eigenvalue weighted by Crippen LogP contribution is -2.44. The van der Waals surface area contributed by atoms with Crippen LogP contribution in [0, 0.1) is 6.43 Å². The minimum absolute atomic E-state index is 1.63. The van der Waals surface area contributed by atoms with Gasteiger partial charge in [0.2, 0.25) is 0 Å². The molecule has 11 heavy (non-hydrogen) atoms. The van der Waals surface area contributed by atoms with E-state index in [2.05, 4.69) is 0 Å². The summed E-state index contributed by atoms with van der Waals surface area (Å²) in [5.41, 5.74) is 0. The summed E-state index contributed by atoms with van der Waals surface area (Å²) in [7, 11) is 0. The summed E-state index contributed by atoms with van der Waals surface area (Å²) in [6.07, 6.45) is -9.59. The van der Waals surface area contributed by atoms with Gasteiger partial charge in [0.15, 0.2) is 0 Å². The maximum Gasteiger partial charge on any atom is 0.454 e. The van der Waals surface area contributed by atoms with E-state index in [9.17, 15) is 26.3 Å². The summed E-state index contributed by atoms with van der Waals surface area (Å²) in [6, 6.07) is 0. The quantitative estimate of drug-likeness (QED) is 0.372. The van der Waals surface area contributed by atoms with Gasteiger partial charge < -0.3 is 0 Å². The van der Waals surface area contributed by atoms with Gasteiger partial charge in [-0.2, -0.15) is 26.3 Å².